The van der Waals surface area contributed by atoms with E-state index in [0.717, 1.165) is 12.8 Å². The van der Waals surface area contributed by atoms with Crippen LogP contribution in [0.25, 0.3) is 0 Å². The topological polar surface area (TPSA) is 0 Å². The van der Waals surface area contributed by atoms with Crippen molar-refractivity contribution >= 4 is 7.85 Å². The molecular weight excluding hydrogens is 167 g/mol. The Morgan fingerprint density at radius 1 is 1.00 bits per heavy atom. The molecule has 0 atom stereocenters. The van der Waals surface area contributed by atoms with E-state index in [1.54, 1.807) is 0 Å². The molecule has 0 unspecified atom stereocenters. The van der Waals surface area contributed by atoms with Crippen molar-refractivity contribution in [2.75, 3.05) is 0 Å². The number of aryl methyl sites for hydroxylation is 1. The lowest BCUT2D eigenvalue weighted by atomic mass is 9.57. The molecule has 1 aliphatic rings. The van der Waals surface area contributed by atoms with E-state index in [1.165, 1.54) is 30.4 Å². The van der Waals surface area contributed by atoms with E-state index in [2.05, 4.69) is 31.2 Å². The van der Waals surface area contributed by atoms with Gasteiger partial charge >= 0.3 is 0 Å². The average molecular weight is 184 g/mol. The van der Waals surface area contributed by atoms with Gasteiger partial charge in [0, 0.05) is 0 Å². The monoisotopic (exact) mass is 184 g/mol. The molecule has 0 amide bonds. The maximum absolute atomic E-state index is 6.43. The zero-order valence-electron chi connectivity index (χ0n) is 8.92. The summed E-state index contributed by atoms with van der Waals surface area (Å²) in [5, 5.41) is -0.0358. The minimum absolute atomic E-state index is 0.0358. The van der Waals surface area contributed by atoms with Gasteiger partial charge in [0.05, 0.1) is 7.85 Å². The maximum Gasteiger partial charge on any atom is 0.0810 e. The van der Waals surface area contributed by atoms with Gasteiger partial charge in [0.2, 0.25) is 0 Å². The molecule has 1 aromatic carbocycles. The molecule has 14 heavy (non-hydrogen) atoms. The zero-order valence-corrected chi connectivity index (χ0v) is 8.92. The van der Waals surface area contributed by atoms with Crippen molar-refractivity contribution in [3.8, 4) is 0 Å². The van der Waals surface area contributed by atoms with Crippen molar-refractivity contribution in [3.63, 3.8) is 0 Å². The lowest BCUT2D eigenvalue weighted by Gasteiger charge is -2.34. The standard InChI is InChI=1S/C13H17B/c1-11-5-7-12(8-6-11)13(14)9-3-2-4-10-13/h5-8H,2-4,9-10H2,1H3. The Kier molecular flexibility index (Phi) is 2.67. The van der Waals surface area contributed by atoms with E-state index in [0.29, 0.717) is 0 Å². The van der Waals surface area contributed by atoms with Crippen LogP contribution < -0.4 is 0 Å². The summed E-state index contributed by atoms with van der Waals surface area (Å²) in [4.78, 5) is 0. The first-order chi connectivity index (χ1) is 6.71. The van der Waals surface area contributed by atoms with Crippen LogP contribution in [-0.4, -0.2) is 7.85 Å². The Morgan fingerprint density at radius 2 is 1.57 bits per heavy atom. The van der Waals surface area contributed by atoms with E-state index < -0.39 is 0 Å². The highest BCUT2D eigenvalue weighted by Crippen LogP contribution is 2.36. The van der Waals surface area contributed by atoms with Crippen LogP contribution in [0.5, 0.6) is 0 Å². The van der Waals surface area contributed by atoms with E-state index >= 15 is 0 Å². The van der Waals surface area contributed by atoms with Crippen LogP contribution in [0.1, 0.15) is 43.2 Å². The van der Waals surface area contributed by atoms with Crippen molar-refractivity contribution in [3.05, 3.63) is 35.4 Å². The van der Waals surface area contributed by atoms with Crippen LogP contribution in [0.3, 0.4) is 0 Å². The fourth-order valence-corrected chi connectivity index (χ4v) is 2.36. The molecule has 0 bridgehead atoms. The summed E-state index contributed by atoms with van der Waals surface area (Å²) in [6.07, 6.45) is 6.21. The Balaban J connectivity index is 2.23. The van der Waals surface area contributed by atoms with E-state index in [9.17, 15) is 0 Å². The van der Waals surface area contributed by atoms with Gasteiger partial charge in [-0.15, -0.1) is 0 Å². The summed E-state index contributed by atoms with van der Waals surface area (Å²) in [5.41, 5.74) is 2.64. The van der Waals surface area contributed by atoms with Crippen LogP contribution in [-0.2, 0) is 5.31 Å². The van der Waals surface area contributed by atoms with Gasteiger partial charge in [-0.25, -0.2) is 0 Å². The van der Waals surface area contributed by atoms with Crippen LogP contribution in [0, 0.1) is 6.92 Å². The van der Waals surface area contributed by atoms with Crippen LogP contribution in [0.4, 0.5) is 0 Å². The van der Waals surface area contributed by atoms with Gasteiger partial charge in [-0.2, -0.15) is 0 Å². The maximum atomic E-state index is 6.43. The van der Waals surface area contributed by atoms with Gasteiger partial charge in [-0.3, -0.25) is 0 Å². The normalized spacial score (nSPS) is 20.6. The molecule has 0 heterocycles. The van der Waals surface area contributed by atoms with Crippen molar-refractivity contribution in [2.24, 2.45) is 0 Å². The number of hydrogen-bond donors (Lipinski definition) is 0. The number of hydrogen-bond acceptors (Lipinski definition) is 0. The first-order valence-electron chi connectivity index (χ1n) is 5.57. The molecule has 0 N–H and O–H groups in total. The van der Waals surface area contributed by atoms with Gasteiger partial charge in [-0.1, -0.05) is 67.5 Å². The second-order valence-corrected chi connectivity index (χ2v) is 4.58. The third-order valence-electron chi connectivity index (χ3n) is 3.37. The Bertz CT molecular complexity index is 294. The summed E-state index contributed by atoms with van der Waals surface area (Å²) in [6, 6.07) is 8.72. The Hall–Kier alpha value is -0.715. The van der Waals surface area contributed by atoms with E-state index in [4.69, 9.17) is 7.85 Å². The summed E-state index contributed by atoms with van der Waals surface area (Å²) < 4.78 is 0. The molecule has 72 valence electrons. The molecule has 1 fully saturated rings. The fraction of sp³-hybridized carbons (Fsp3) is 0.538. The average Bonchev–Trinajstić information content (AvgIpc) is 2.19. The lowest BCUT2D eigenvalue weighted by Crippen LogP contribution is -2.29. The van der Waals surface area contributed by atoms with Gasteiger partial charge in [0.15, 0.2) is 0 Å². The smallest absolute Gasteiger partial charge is 0.0591 e. The summed E-state index contributed by atoms with van der Waals surface area (Å²) in [6.45, 7) is 2.12. The summed E-state index contributed by atoms with van der Waals surface area (Å²) >= 11 is 0. The molecule has 0 aliphatic heterocycles. The largest absolute Gasteiger partial charge is 0.0810 e. The van der Waals surface area contributed by atoms with E-state index in [-0.39, 0.29) is 5.31 Å². The highest BCUT2D eigenvalue weighted by atomic mass is 14.3. The van der Waals surface area contributed by atoms with Gasteiger partial charge in [0.25, 0.3) is 0 Å². The third kappa shape index (κ3) is 1.87. The number of rotatable bonds is 1. The molecule has 2 rings (SSSR count). The van der Waals surface area contributed by atoms with Crippen LogP contribution >= 0.6 is 0 Å². The highest BCUT2D eigenvalue weighted by Gasteiger charge is 2.27. The molecule has 1 aromatic rings. The molecule has 2 radical (unpaired) electrons. The van der Waals surface area contributed by atoms with Gasteiger partial charge < -0.3 is 0 Å². The molecule has 1 saturated carbocycles. The predicted octanol–water partition coefficient (Wildman–Crippen LogP) is 3.32. The summed E-state index contributed by atoms with van der Waals surface area (Å²) in [7, 11) is 6.43. The highest BCUT2D eigenvalue weighted by molar-refractivity contribution is 6.16. The van der Waals surface area contributed by atoms with Gasteiger partial charge in [-0.05, 0) is 12.2 Å². The Labute approximate surface area is 88.1 Å². The predicted molar refractivity (Wildman–Crippen MR) is 61.7 cm³/mol. The quantitative estimate of drug-likeness (QED) is 0.587. The van der Waals surface area contributed by atoms with Crippen molar-refractivity contribution in [1.29, 1.82) is 0 Å². The van der Waals surface area contributed by atoms with Crippen molar-refractivity contribution in [2.45, 2.75) is 44.3 Å². The van der Waals surface area contributed by atoms with Crippen LogP contribution in [0.2, 0.25) is 0 Å². The molecule has 1 heteroatoms. The second kappa shape index (κ2) is 3.80. The van der Waals surface area contributed by atoms with Crippen LogP contribution in [0.15, 0.2) is 24.3 Å². The minimum atomic E-state index is -0.0358. The molecule has 0 aromatic heterocycles. The summed E-state index contributed by atoms with van der Waals surface area (Å²) in [5.74, 6) is 0. The lowest BCUT2D eigenvalue weighted by molar-refractivity contribution is 0.398. The minimum Gasteiger partial charge on any atom is -0.0591 e. The molecule has 0 saturated heterocycles. The molecule has 0 nitrogen and oxygen atoms in total. The molecule has 0 spiro atoms. The first kappa shape index (κ1) is 9.83. The molecule has 1 aliphatic carbocycles. The third-order valence-corrected chi connectivity index (χ3v) is 3.37. The Morgan fingerprint density at radius 3 is 2.14 bits per heavy atom. The van der Waals surface area contributed by atoms with Crippen molar-refractivity contribution in [1.82, 2.24) is 0 Å². The zero-order chi connectivity index (χ0) is 10.0. The van der Waals surface area contributed by atoms with Crippen molar-refractivity contribution < 1.29 is 0 Å². The second-order valence-electron chi connectivity index (χ2n) is 4.58. The van der Waals surface area contributed by atoms with Gasteiger partial charge in [0.1, 0.15) is 0 Å². The SMILES string of the molecule is [B]C1(c2ccc(C)cc2)CCCCC1. The first-order valence-corrected chi connectivity index (χ1v) is 5.57. The number of benzene rings is 1. The van der Waals surface area contributed by atoms with E-state index in [1.807, 2.05) is 0 Å². The molecular formula is C13H17B. The fourth-order valence-electron chi connectivity index (χ4n) is 2.36.